The molecule has 5 aromatic carbocycles. The Morgan fingerprint density at radius 1 is 0.517 bits per heavy atom. The molecule has 36 heteroatoms. The number of carbonyl (C=O) groups is 14. The minimum atomic E-state index is -1.89. The van der Waals surface area contributed by atoms with Gasteiger partial charge in [-0.1, -0.05) is 143 Å². The number of guanidine groups is 1. The molecule has 0 bridgehead atoms. The predicted molar refractivity (Wildman–Crippen MR) is 435 cm³/mol. The molecule has 2 aromatic heterocycles. The molecule has 35 nitrogen and oxygen atoms in total. The number of nitrogens with two attached hydrogens (primary N) is 4. The van der Waals surface area contributed by atoms with Crippen LogP contribution in [0.1, 0.15) is 101 Å². The van der Waals surface area contributed by atoms with Gasteiger partial charge in [-0.05, 0) is 95.6 Å². The van der Waals surface area contributed by atoms with Crippen molar-refractivity contribution in [3.05, 3.63) is 156 Å². The van der Waals surface area contributed by atoms with Crippen LogP contribution in [-0.4, -0.2) is 202 Å². The molecule has 12 atom stereocenters. The third-order valence-corrected chi connectivity index (χ3v) is 20.8. The number of unbranched alkanes of at least 4 members (excludes halogenated alkanes) is 1. The van der Waals surface area contributed by atoms with Gasteiger partial charge in [-0.25, -0.2) is 0 Å². The van der Waals surface area contributed by atoms with E-state index in [-0.39, 0.29) is 75.8 Å². The van der Waals surface area contributed by atoms with Gasteiger partial charge in [0.2, 0.25) is 82.7 Å². The molecule has 0 saturated carbocycles. The maximum Gasteiger partial charge on any atom is 0.247 e. The molecule has 7 aromatic rings. The first-order chi connectivity index (χ1) is 55.5. The molecule has 0 unspecified atom stereocenters. The van der Waals surface area contributed by atoms with Crippen LogP contribution in [0, 0.1) is 17.2 Å². The van der Waals surface area contributed by atoms with E-state index in [1.165, 1.54) is 12.1 Å². The first kappa shape index (κ1) is 89.1. The van der Waals surface area contributed by atoms with E-state index in [2.05, 4.69) is 79.1 Å². The molecule has 1 saturated heterocycles. The second-order valence-corrected chi connectivity index (χ2v) is 29.9. The molecule has 1 fully saturated rings. The molecular formula is C80H104N20O15S. The number of hydrogen-bond acceptors (Lipinski definition) is 18. The number of aromatic nitrogens is 2. The maximum atomic E-state index is 15.3. The highest BCUT2D eigenvalue weighted by Crippen LogP contribution is 2.24. The average Bonchev–Trinajstić information content (AvgIpc) is 1.60. The Morgan fingerprint density at radius 2 is 1.03 bits per heavy atom. The topological polar surface area (TPSA) is 575 Å². The molecule has 0 aliphatic carbocycles. The van der Waals surface area contributed by atoms with Crippen molar-refractivity contribution in [1.29, 1.82) is 5.41 Å². The molecule has 620 valence electrons. The Labute approximate surface area is 673 Å². The SMILES string of the molecule is CC[C@H](C)[C@H]1NC(=O)[C@H](Cc2ccc3ccccc3c2)NC(=O)CSC[C@@H](C(N)=O)NC(=O)[C@H](C(C)C)NC(=O)[C@@H](Cc2c[nH]c3ccccc23)NC(=O)[C@H](CCCCN)NC(=O)[C@@H](c2ccccc2)NC(=O)[C@H](Cc2c[nH]c3ccccc23)NC(=O)[C@H](CC(N)=O)NC(=O)[C@H](CCCNC(=N)N)NC(=O)CNC(=O)[C@@H](CO)NC1=O. The first-order valence-electron chi connectivity index (χ1n) is 38.3. The van der Waals surface area contributed by atoms with E-state index in [1.807, 2.05) is 36.4 Å². The fraction of sp³-hybridized carbons (Fsp3) is 0.412. The number of aliphatic hydroxyl groups excluding tert-OH is 1. The highest BCUT2D eigenvalue weighted by Gasteiger charge is 2.39. The molecule has 0 radical (unpaired) electrons. The van der Waals surface area contributed by atoms with Crippen molar-refractivity contribution in [2.45, 2.75) is 158 Å². The lowest BCUT2D eigenvalue weighted by Gasteiger charge is -2.29. The number of thioether (sulfide) groups is 1. The summed E-state index contributed by atoms with van der Waals surface area (Å²) >= 11 is 0.863. The smallest absolute Gasteiger partial charge is 0.247 e. The largest absolute Gasteiger partial charge is 0.394 e. The molecule has 116 heavy (non-hydrogen) atoms. The summed E-state index contributed by atoms with van der Waals surface area (Å²) in [6.45, 7) is 4.80. The molecule has 0 spiro atoms. The Kier molecular flexibility index (Phi) is 33.6. The maximum absolute atomic E-state index is 15.3. The summed E-state index contributed by atoms with van der Waals surface area (Å²) in [5.41, 5.74) is 26.2. The fourth-order valence-electron chi connectivity index (χ4n) is 13.2. The number of rotatable bonds is 22. The van der Waals surface area contributed by atoms with E-state index in [1.54, 1.807) is 113 Å². The van der Waals surface area contributed by atoms with Gasteiger partial charge in [0.25, 0.3) is 0 Å². The van der Waals surface area contributed by atoms with Crippen molar-refractivity contribution >= 4 is 133 Å². The number of fused-ring (bicyclic) bond motifs is 3. The average molecular weight is 1620 g/mol. The lowest BCUT2D eigenvalue weighted by atomic mass is 9.96. The summed E-state index contributed by atoms with van der Waals surface area (Å²) in [4.78, 5) is 208. The van der Waals surface area contributed by atoms with Gasteiger partial charge in [-0.3, -0.25) is 72.5 Å². The van der Waals surface area contributed by atoms with Crippen LogP contribution in [0.15, 0.2) is 134 Å². The van der Waals surface area contributed by atoms with Crippen molar-refractivity contribution in [2.24, 2.45) is 34.8 Å². The van der Waals surface area contributed by atoms with Crippen LogP contribution in [0.4, 0.5) is 0 Å². The lowest BCUT2D eigenvalue weighted by molar-refractivity contribution is -0.136. The quantitative estimate of drug-likeness (QED) is 0.0216. The van der Waals surface area contributed by atoms with Crippen molar-refractivity contribution in [1.82, 2.24) is 79.1 Å². The van der Waals surface area contributed by atoms with E-state index in [4.69, 9.17) is 28.3 Å². The van der Waals surface area contributed by atoms with Gasteiger partial charge < -0.3 is 107 Å². The molecular weight excluding hydrogens is 1510 g/mol. The number of amides is 14. The van der Waals surface area contributed by atoms with Gasteiger partial charge in [0, 0.05) is 65.8 Å². The summed E-state index contributed by atoms with van der Waals surface area (Å²) in [5, 5.41) is 55.3. The zero-order chi connectivity index (χ0) is 84.1. The fourth-order valence-corrected chi connectivity index (χ4v) is 14.1. The van der Waals surface area contributed by atoms with Crippen LogP contribution in [-0.2, 0) is 86.4 Å². The van der Waals surface area contributed by atoms with Gasteiger partial charge in [-0.2, -0.15) is 0 Å². The molecule has 8 rings (SSSR count). The Balaban J connectivity index is 1.17. The molecule has 25 N–H and O–H groups in total. The van der Waals surface area contributed by atoms with E-state index in [0.717, 1.165) is 22.5 Å². The monoisotopic (exact) mass is 1620 g/mol. The van der Waals surface area contributed by atoms with Crippen LogP contribution in [0.3, 0.4) is 0 Å². The summed E-state index contributed by atoms with van der Waals surface area (Å²) in [7, 11) is 0. The number of H-pyrrole nitrogens is 2. The molecule has 1 aliphatic rings. The van der Waals surface area contributed by atoms with Crippen LogP contribution in [0.5, 0.6) is 0 Å². The Morgan fingerprint density at radius 3 is 1.61 bits per heavy atom. The van der Waals surface area contributed by atoms with Gasteiger partial charge in [0.15, 0.2) is 5.96 Å². The number of aliphatic hydroxyl groups is 1. The number of primary amides is 2. The number of hydrogen-bond donors (Lipinski definition) is 21. The number of para-hydroxylation sites is 2. The summed E-state index contributed by atoms with van der Waals surface area (Å²) in [6, 6.07) is 17.6. The minimum Gasteiger partial charge on any atom is -0.394 e. The molecule has 14 amide bonds. The third kappa shape index (κ3) is 26.0. The Hall–Kier alpha value is -12.4. The highest BCUT2D eigenvalue weighted by molar-refractivity contribution is 8.00. The van der Waals surface area contributed by atoms with E-state index >= 15 is 19.2 Å². The van der Waals surface area contributed by atoms with Crippen LogP contribution in [0.2, 0.25) is 0 Å². The normalized spacial score (nSPS) is 22.7. The van der Waals surface area contributed by atoms with Crippen LogP contribution < -0.4 is 92.1 Å². The number of benzene rings is 5. The summed E-state index contributed by atoms with van der Waals surface area (Å²) < 4.78 is 0. The van der Waals surface area contributed by atoms with Crippen LogP contribution >= 0.6 is 11.8 Å². The van der Waals surface area contributed by atoms with Crippen molar-refractivity contribution in [3.63, 3.8) is 0 Å². The predicted octanol–water partition coefficient (Wildman–Crippen LogP) is -1.15. The van der Waals surface area contributed by atoms with Gasteiger partial charge >= 0.3 is 0 Å². The van der Waals surface area contributed by atoms with Crippen LogP contribution in [0.25, 0.3) is 32.6 Å². The minimum absolute atomic E-state index is 0.0173. The van der Waals surface area contributed by atoms with Gasteiger partial charge in [0.1, 0.15) is 66.5 Å². The van der Waals surface area contributed by atoms with Crippen molar-refractivity contribution in [2.75, 3.05) is 37.7 Å². The summed E-state index contributed by atoms with van der Waals surface area (Å²) in [6.07, 6.45) is 2.27. The number of nitrogens with one attached hydrogen (secondary N) is 16. The molecule has 3 heterocycles. The van der Waals surface area contributed by atoms with Gasteiger partial charge in [-0.15, -0.1) is 11.8 Å². The highest BCUT2D eigenvalue weighted by atomic mass is 32.2. The van der Waals surface area contributed by atoms with E-state index in [9.17, 15) is 53.1 Å². The zero-order valence-electron chi connectivity index (χ0n) is 64.9. The lowest BCUT2D eigenvalue weighted by Crippen LogP contribution is -2.60. The second kappa shape index (κ2) is 43.7. The number of carbonyl (C=O) groups excluding carboxylic acids is 14. The second-order valence-electron chi connectivity index (χ2n) is 28.8. The number of aromatic amines is 2. The van der Waals surface area contributed by atoms with E-state index in [0.29, 0.717) is 44.9 Å². The first-order valence-corrected chi connectivity index (χ1v) is 39.5. The summed E-state index contributed by atoms with van der Waals surface area (Å²) in [5.74, 6) is -16.2. The molecule has 1 aliphatic heterocycles. The third-order valence-electron chi connectivity index (χ3n) is 19.8. The van der Waals surface area contributed by atoms with Crippen molar-refractivity contribution < 1.29 is 72.2 Å². The zero-order valence-corrected chi connectivity index (χ0v) is 65.7. The van der Waals surface area contributed by atoms with Crippen molar-refractivity contribution in [3.8, 4) is 0 Å². The standard InChI is InChI=1S/C80H104N20O15S/c1-5-44(4)67-78(114)96-61(40-101)70(106)89-39-64(103)90-55(27-17-31-86-80(84)85)71(107)95-60(36-63(82)102)73(109)94-59(35-50-38-88-54-25-14-12-23-52(50)54)76(112)100-68(47-19-7-6-8-20-47)79(115)92-56(26-15-16-30-81)72(108)93-58(34-49-37-87-53-24-13-11-22-51(49)53)75(111)98-66(43(2)3)77(113)97-62(69(83)105)41-116-42-65(104)91-57(74(110)99-67)33-45-28-29-46-18-9-10-21-48(46)32-45/h6-14,18-25,28-29,32,37-38,43-44,55-62,66-68,87-88,101H,5,15-17,26-27,30-31,33-36,39-42,81H2,1-4H3,(H2,82,102)(H2,83,105)(H,89,106)(H,90,103)(H,91,104)(H,92,115)(H,93,108)(H,94,109)(H,95,107)(H,96,114)(H,97,113)(H,98,111)(H,99,110)(H,100,112)(H4,84,85,86)/t44-,55-,56-,57-,58+,59-,60-,61+,62-,66-,67+,68+/m0/s1. The van der Waals surface area contributed by atoms with Gasteiger partial charge in [0.05, 0.1) is 25.3 Å². The van der Waals surface area contributed by atoms with E-state index < -0.39 is 192 Å². The Bertz CT molecular complexity index is 4670.